The number of hydrogen-bond donors (Lipinski definition) is 1. The van der Waals surface area contributed by atoms with Crippen LogP contribution in [0.2, 0.25) is 0 Å². The quantitative estimate of drug-likeness (QED) is 0.786. The van der Waals surface area contributed by atoms with Crippen molar-refractivity contribution in [3.63, 3.8) is 0 Å². The Morgan fingerprint density at radius 1 is 1.25 bits per heavy atom. The van der Waals surface area contributed by atoms with E-state index in [-0.39, 0.29) is 0 Å². The van der Waals surface area contributed by atoms with Crippen molar-refractivity contribution in [2.45, 2.75) is 64.5 Å². The molecule has 2 unspecified atom stereocenters. The molecule has 0 radical (unpaired) electrons. The van der Waals surface area contributed by atoms with E-state index < -0.39 is 0 Å². The van der Waals surface area contributed by atoms with Crippen molar-refractivity contribution >= 4 is 0 Å². The fraction of sp³-hybridized carbons (Fsp3) is 0.667. The number of benzene rings is 1. The highest BCUT2D eigenvalue weighted by Gasteiger charge is 2.19. The van der Waals surface area contributed by atoms with Gasteiger partial charge in [0.25, 0.3) is 0 Å². The predicted octanol–water partition coefficient (Wildman–Crippen LogP) is 4.70. The minimum absolute atomic E-state index is 0.397. The highest BCUT2D eigenvalue weighted by atomic mass is 16.5. The van der Waals surface area contributed by atoms with Gasteiger partial charge in [-0.3, -0.25) is 0 Å². The highest BCUT2D eigenvalue weighted by molar-refractivity contribution is 5.30. The Balaban J connectivity index is 1.91. The molecule has 1 aromatic rings. The summed E-state index contributed by atoms with van der Waals surface area (Å²) in [5.41, 5.74) is 1.32. The number of nitrogens with one attached hydrogen (secondary N) is 1. The zero-order valence-electron chi connectivity index (χ0n) is 13.2. The summed E-state index contributed by atoms with van der Waals surface area (Å²) in [6.45, 7) is 4.59. The second-order valence-electron chi connectivity index (χ2n) is 6.14. The molecule has 0 heterocycles. The third-order valence-corrected chi connectivity index (χ3v) is 4.75. The van der Waals surface area contributed by atoms with E-state index >= 15 is 0 Å². The van der Waals surface area contributed by atoms with Crippen LogP contribution in [0.15, 0.2) is 24.3 Å². The van der Waals surface area contributed by atoms with Crippen LogP contribution < -0.4 is 10.1 Å². The van der Waals surface area contributed by atoms with Crippen LogP contribution in [0.1, 0.15) is 64.0 Å². The molecular formula is C18H29NO. The lowest BCUT2D eigenvalue weighted by Crippen LogP contribution is -2.31. The normalized spacial score (nSPS) is 24.9. The van der Waals surface area contributed by atoms with Crippen LogP contribution in [0, 0.1) is 5.92 Å². The van der Waals surface area contributed by atoms with Crippen molar-refractivity contribution in [3.8, 4) is 5.75 Å². The Hall–Kier alpha value is -1.02. The molecule has 3 atom stereocenters. The first-order chi connectivity index (χ1) is 9.72. The van der Waals surface area contributed by atoms with E-state index in [0.717, 1.165) is 11.7 Å². The molecule has 1 aliphatic rings. The summed E-state index contributed by atoms with van der Waals surface area (Å²) in [5, 5.41) is 3.82. The van der Waals surface area contributed by atoms with Crippen LogP contribution in [-0.4, -0.2) is 13.2 Å². The molecule has 2 nitrogen and oxygen atoms in total. The van der Waals surface area contributed by atoms with E-state index in [1.165, 1.54) is 44.1 Å². The maximum atomic E-state index is 5.32. The van der Waals surface area contributed by atoms with E-state index in [9.17, 15) is 0 Å². The lowest BCUT2D eigenvalue weighted by atomic mass is 9.97. The molecule has 1 fully saturated rings. The monoisotopic (exact) mass is 275 g/mol. The minimum atomic E-state index is 0.397. The van der Waals surface area contributed by atoms with Gasteiger partial charge in [0.1, 0.15) is 5.75 Å². The maximum absolute atomic E-state index is 5.32. The van der Waals surface area contributed by atoms with Gasteiger partial charge >= 0.3 is 0 Å². The van der Waals surface area contributed by atoms with Crippen molar-refractivity contribution in [2.75, 3.05) is 7.11 Å². The van der Waals surface area contributed by atoms with Crippen molar-refractivity contribution in [2.24, 2.45) is 5.92 Å². The minimum Gasteiger partial charge on any atom is -0.497 e. The van der Waals surface area contributed by atoms with Gasteiger partial charge in [0.2, 0.25) is 0 Å². The zero-order valence-corrected chi connectivity index (χ0v) is 13.2. The number of rotatable bonds is 5. The zero-order chi connectivity index (χ0) is 14.4. The number of hydrogen-bond acceptors (Lipinski definition) is 2. The topological polar surface area (TPSA) is 21.3 Å². The van der Waals surface area contributed by atoms with Crippen molar-refractivity contribution in [1.29, 1.82) is 0 Å². The molecule has 1 saturated carbocycles. The standard InChI is InChI=1S/C18H29NO/c1-4-15-7-5-9-17(12-11-15)19-14(2)16-8-6-10-18(13-16)20-3/h6,8,10,13-15,17,19H,4-5,7,9,11-12H2,1-3H3/t14-,15?,17?/m1/s1. The summed E-state index contributed by atoms with van der Waals surface area (Å²) in [4.78, 5) is 0. The average molecular weight is 275 g/mol. The lowest BCUT2D eigenvalue weighted by Gasteiger charge is -2.23. The molecule has 0 bridgehead atoms. The number of methoxy groups -OCH3 is 1. The second kappa shape index (κ2) is 7.68. The van der Waals surface area contributed by atoms with Crippen LogP contribution in [0.3, 0.4) is 0 Å². The van der Waals surface area contributed by atoms with Gasteiger partial charge in [0.15, 0.2) is 0 Å². The lowest BCUT2D eigenvalue weighted by molar-refractivity contribution is 0.395. The van der Waals surface area contributed by atoms with Crippen molar-refractivity contribution in [3.05, 3.63) is 29.8 Å². The molecule has 1 aliphatic carbocycles. The Kier molecular flexibility index (Phi) is 5.90. The average Bonchev–Trinajstić information content (AvgIpc) is 2.72. The molecule has 2 rings (SSSR count). The van der Waals surface area contributed by atoms with E-state index in [0.29, 0.717) is 12.1 Å². The van der Waals surface area contributed by atoms with Gasteiger partial charge in [-0.1, -0.05) is 38.3 Å². The second-order valence-corrected chi connectivity index (χ2v) is 6.14. The summed E-state index contributed by atoms with van der Waals surface area (Å²) in [6.07, 6.45) is 8.18. The third-order valence-electron chi connectivity index (χ3n) is 4.75. The molecule has 0 amide bonds. The molecule has 2 heteroatoms. The molecule has 0 saturated heterocycles. The van der Waals surface area contributed by atoms with Crippen LogP contribution in [0.4, 0.5) is 0 Å². The molecule has 112 valence electrons. The van der Waals surface area contributed by atoms with Gasteiger partial charge in [-0.25, -0.2) is 0 Å². The molecule has 0 aliphatic heterocycles. The first kappa shape index (κ1) is 15.4. The summed E-state index contributed by atoms with van der Waals surface area (Å²) < 4.78 is 5.32. The van der Waals surface area contributed by atoms with Gasteiger partial charge in [-0.15, -0.1) is 0 Å². The maximum Gasteiger partial charge on any atom is 0.119 e. The first-order valence-corrected chi connectivity index (χ1v) is 8.13. The van der Waals surface area contributed by atoms with E-state index in [1.807, 2.05) is 6.07 Å². The summed E-state index contributed by atoms with van der Waals surface area (Å²) in [5.74, 6) is 1.90. The Morgan fingerprint density at radius 2 is 2.10 bits per heavy atom. The van der Waals surface area contributed by atoms with Crippen LogP contribution in [0.5, 0.6) is 5.75 Å². The van der Waals surface area contributed by atoms with Gasteiger partial charge in [0.05, 0.1) is 7.11 Å². The fourth-order valence-electron chi connectivity index (χ4n) is 3.31. The molecule has 20 heavy (non-hydrogen) atoms. The molecule has 1 aromatic carbocycles. The highest BCUT2D eigenvalue weighted by Crippen LogP contribution is 2.27. The van der Waals surface area contributed by atoms with Crippen molar-refractivity contribution in [1.82, 2.24) is 5.32 Å². The van der Waals surface area contributed by atoms with E-state index in [2.05, 4.69) is 37.4 Å². The van der Waals surface area contributed by atoms with Gasteiger partial charge in [-0.05, 0) is 49.8 Å². The van der Waals surface area contributed by atoms with E-state index in [4.69, 9.17) is 4.74 Å². The van der Waals surface area contributed by atoms with Gasteiger partial charge < -0.3 is 10.1 Å². The molecule has 0 spiro atoms. The Morgan fingerprint density at radius 3 is 2.85 bits per heavy atom. The molecule has 1 N–H and O–H groups in total. The summed E-state index contributed by atoms with van der Waals surface area (Å²) in [7, 11) is 1.73. The Labute approximate surface area is 123 Å². The van der Waals surface area contributed by atoms with Crippen LogP contribution in [0.25, 0.3) is 0 Å². The largest absolute Gasteiger partial charge is 0.497 e. The van der Waals surface area contributed by atoms with Crippen LogP contribution >= 0.6 is 0 Å². The summed E-state index contributed by atoms with van der Waals surface area (Å²) in [6, 6.07) is 9.48. The van der Waals surface area contributed by atoms with Gasteiger partial charge in [-0.2, -0.15) is 0 Å². The fourth-order valence-corrected chi connectivity index (χ4v) is 3.31. The van der Waals surface area contributed by atoms with Crippen molar-refractivity contribution < 1.29 is 4.74 Å². The number of ether oxygens (including phenoxy) is 1. The summed E-state index contributed by atoms with van der Waals surface area (Å²) >= 11 is 0. The van der Waals surface area contributed by atoms with Gasteiger partial charge in [0, 0.05) is 12.1 Å². The van der Waals surface area contributed by atoms with E-state index in [1.54, 1.807) is 7.11 Å². The third kappa shape index (κ3) is 4.24. The first-order valence-electron chi connectivity index (χ1n) is 8.13. The smallest absolute Gasteiger partial charge is 0.119 e. The van der Waals surface area contributed by atoms with Crippen LogP contribution in [-0.2, 0) is 0 Å². The SMILES string of the molecule is CCC1CCCC(N[C@H](C)c2cccc(OC)c2)CC1. The molecule has 0 aromatic heterocycles. The predicted molar refractivity (Wildman–Crippen MR) is 85.2 cm³/mol. The Bertz CT molecular complexity index is 404. The molecular weight excluding hydrogens is 246 g/mol.